The molecule has 0 amide bonds. The molecule has 1 aliphatic heterocycles. The monoisotopic (exact) mass is 293 g/mol. The summed E-state index contributed by atoms with van der Waals surface area (Å²) < 4.78 is 9.45. The highest BCUT2D eigenvalue weighted by molar-refractivity contribution is 7.97. The number of benzene rings is 1. The largest absolute Gasteiger partial charge is 0.492 e. The van der Waals surface area contributed by atoms with Gasteiger partial charge in [-0.25, -0.2) is 0 Å². The Morgan fingerprint density at radius 2 is 2.00 bits per heavy atom. The third-order valence-corrected chi connectivity index (χ3v) is 4.54. The van der Waals surface area contributed by atoms with Crippen LogP contribution in [-0.2, 0) is 10.8 Å². The van der Waals surface area contributed by atoms with Crippen LogP contribution in [0.25, 0.3) is 0 Å². The number of rotatable bonds is 4. The molecule has 1 aliphatic rings. The fraction of sp³-hybridized carbons (Fsp3) is 0.647. The van der Waals surface area contributed by atoms with E-state index < -0.39 is 0 Å². The number of nitrogens with one attached hydrogen (secondary N) is 1. The highest BCUT2D eigenvalue weighted by atomic mass is 32.2. The predicted molar refractivity (Wildman–Crippen MR) is 87.8 cm³/mol. The second kappa shape index (κ2) is 5.61. The quantitative estimate of drug-likeness (QED) is 0.644. The van der Waals surface area contributed by atoms with Gasteiger partial charge in [-0.05, 0) is 35.9 Å². The molecule has 0 radical (unpaired) electrons. The molecule has 0 bridgehead atoms. The van der Waals surface area contributed by atoms with Gasteiger partial charge in [-0.1, -0.05) is 41.5 Å². The minimum atomic E-state index is 0.103. The summed E-state index contributed by atoms with van der Waals surface area (Å²) in [6.45, 7) is 15.3. The maximum Gasteiger partial charge on any atom is 0.127 e. The Morgan fingerprint density at radius 1 is 1.30 bits per heavy atom. The first-order chi connectivity index (χ1) is 9.25. The lowest BCUT2D eigenvalue weighted by molar-refractivity contribution is 0.286. The molecule has 0 fully saturated rings. The zero-order valence-corrected chi connectivity index (χ0v) is 14.4. The lowest BCUT2D eigenvalue weighted by Crippen LogP contribution is -2.18. The topological polar surface area (TPSA) is 21.3 Å². The van der Waals surface area contributed by atoms with E-state index in [9.17, 15) is 0 Å². The lowest BCUT2D eigenvalue weighted by Gasteiger charge is -2.24. The lowest BCUT2D eigenvalue weighted by atomic mass is 9.81. The highest BCUT2D eigenvalue weighted by Crippen LogP contribution is 2.46. The number of fused-ring (bicyclic) bond motifs is 1. The van der Waals surface area contributed by atoms with Crippen LogP contribution in [0.5, 0.6) is 5.75 Å². The summed E-state index contributed by atoms with van der Waals surface area (Å²) in [5.74, 6) is 1.11. The molecule has 0 atom stereocenters. The van der Waals surface area contributed by atoms with Crippen molar-refractivity contribution in [1.29, 1.82) is 0 Å². The van der Waals surface area contributed by atoms with Gasteiger partial charge in [0.05, 0.1) is 6.61 Å². The average molecular weight is 293 g/mol. The number of ether oxygens (including phenoxy) is 1. The molecule has 1 heterocycles. The fourth-order valence-electron chi connectivity index (χ4n) is 2.44. The zero-order chi connectivity index (χ0) is 15.0. The third kappa shape index (κ3) is 3.15. The van der Waals surface area contributed by atoms with Crippen molar-refractivity contribution in [2.75, 3.05) is 13.2 Å². The first kappa shape index (κ1) is 15.7. The Bertz CT molecular complexity index is 488. The number of hydrogen-bond acceptors (Lipinski definition) is 3. The summed E-state index contributed by atoms with van der Waals surface area (Å²) in [6, 6.07) is 4.58. The average Bonchev–Trinajstić information content (AvgIpc) is 2.64. The van der Waals surface area contributed by atoms with E-state index >= 15 is 0 Å². The Balaban J connectivity index is 2.42. The molecule has 0 saturated heterocycles. The van der Waals surface area contributed by atoms with Crippen molar-refractivity contribution < 1.29 is 4.74 Å². The zero-order valence-electron chi connectivity index (χ0n) is 13.6. The molecule has 1 aromatic rings. The molecule has 2 rings (SSSR count). The summed E-state index contributed by atoms with van der Waals surface area (Å²) in [5, 5.41) is 0. The van der Waals surface area contributed by atoms with E-state index in [2.05, 4.69) is 58.4 Å². The van der Waals surface area contributed by atoms with E-state index in [-0.39, 0.29) is 10.8 Å². The molecule has 1 aromatic carbocycles. The summed E-state index contributed by atoms with van der Waals surface area (Å²) in [5.41, 5.74) is 2.88. The standard InChI is InChI=1S/C17H27NOS/c1-7-8-18-20-12-9-13(16(2,3)4)15-14(10-12)17(5,6)11-19-15/h9-10,18H,7-8,11H2,1-6H3. The van der Waals surface area contributed by atoms with Crippen LogP contribution in [0, 0.1) is 0 Å². The summed E-state index contributed by atoms with van der Waals surface area (Å²) in [6.07, 6.45) is 1.15. The van der Waals surface area contributed by atoms with Crippen molar-refractivity contribution in [1.82, 2.24) is 4.72 Å². The Hall–Kier alpha value is -0.670. The van der Waals surface area contributed by atoms with E-state index in [0.29, 0.717) is 0 Å². The van der Waals surface area contributed by atoms with E-state index in [1.807, 2.05) is 0 Å². The van der Waals surface area contributed by atoms with E-state index in [1.54, 1.807) is 11.9 Å². The van der Waals surface area contributed by atoms with Crippen molar-refractivity contribution in [3.8, 4) is 5.75 Å². The van der Waals surface area contributed by atoms with Crippen molar-refractivity contribution in [3.63, 3.8) is 0 Å². The van der Waals surface area contributed by atoms with Crippen LogP contribution in [0.4, 0.5) is 0 Å². The van der Waals surface area contributed by atoms with Gasteiger partial charge in [0.15, 0.2) is 0 Å². The molecule has 0 aromatic heterocycles. The van der Waals surface area contributed by atoms with Gasteiger partial charge in [0.2, 0.25) is 0 Å². The van der Waals surface area contributed by atoms with E-state index in [4.69, 9.17) is 4.74 Å². The van der Waals surface area contributed by atoms with Crippen LogP contribution in [0.2, 0.25) is 0 Å². The van der Waals surface area contributed by atoms with Gasteiger partial charge in [0, 0.05) is 28.0 Å². The SMILES string of the molecule is CCCNSc1cc(C(C)(C)C)c2c(c1)C(C)(C)CO2. The van der Waals surface area contributed by atoms with Gasteiger partial charge >= 0.3 is 0 Å². The smallest absolute Gasteiger partial charge is 0.127 e. The molecule has 112 valence electrons. The fourth-order valence-corrected chi connectivity index (χ4v) is 3.27. The first-order valence-electron chi connectivity index (χ1n) is 7.47. The Kier molecular flexibility index (Phi) is 4.41. The van der Waals surface area contributed by atoms with Crippen molar-refractivity contribution >= 4 is 11.9 Å². The van der Waals surface area contributed by atoms with Gasteiger partial charge in [0.1, 0.15) is 5.75 Å². The summed E-state index contributed by atoms with van der Waals surface area (Å²) in [4.78, 5) is 1.29. The minimum Gasteiger partial charge on any atom is -0.492 e. The molecular weight excluding hydrogens is 266 g/mol. The molecule has 0 aliphatic carbocycles. The minimum absolute atomic E-state index is 0.103. The maximum atomic E-state index is 6.02. The van der Waals surface area contributed by atoms with Crippen LogP contribution in [0.3, 0.4) is 0 Å². The van der Waals surface area contributed by atoms with Crippen LogP contribution in [0.15, 0.2) is 17.0 Å². The molecule has 0 saturated carbocycles. The molecule has 0 unspecified atom stereocenters. The second-order valence-electron chi connectivity index (χ2n) is 7.27. The Labute approximate surface area is 127 Å². The summed E-state index contributed by atoms with van der Waals surface area (Å²) in [7, 11) is 0. The third-order valence-electron chi connectivity index (χ3n) is 3.72. The first-order valence-corrected chi connectivity index (χ1v) is 8.29. The van der Waals surface area contributed by atoms with Crippen LogP contribution >= 0.6 is 11.9 Å². The van der Waals surface area contributed by atoms with E-state index in [0.717, 1.165) is 25.3 Å². The van der Waals surface area contributed by atoms with Crippen LogP contribution in [0.1, 0.15) is 59.1 Å². The summed E-state index contributed by atoms with van der Waals surface area (Å²) >= 11 is 1.74. The highest BCUT2D eigenvalue weighted by Gasteiger charge is 2.36. The van der Waals surface area contributed by atoms with E-state index in [1.165, 1.54) is 16.0 Å². The molecule has 20 heavy (non-hydrogen) atoms. The predicted octanol–water partition coefficient (Wildman–Crippen LogP) is 4.66. The molecule has 1 N–H and O–H groups in total. The van der Waals surface area contributed by atoms with Crippen molar-refractivity contribution in [2.45, 2.75) is 63.7 Å². The van der Waals surface area contributed by atoms with Gasteiger partial charge in [0.25, 0.3) is 0 Å². The molecule has 2 nitrogen and oxygen atoms in total. The van der Waals surface area contributed by atoms with Gasteiger partial charge < -0.3 is 4.74 Å². The second-order valence-corrected chi connectivity index (χ2v) is 8.23. The number of hydrogen-bond donors (Lipinski definition) is 1. The molecule has 3 heteroatoms. The molecule has 0 spiro atoms. The van der Waals surface area contributed by atoms with Crippen molar-refractivity contribution in [3.05, 3.63) is 23.3 Å². The Morgan fingerprint density at radius 3 is 2.60 bits per heavy atom. The van der Waals surface area contributed by atoms with Gasteiger partial charge in [-0.3, -0.25) is 4.72 Å². The van der Waals surface area contributed by atoms with Crippen LogP contribution < -0.4 is 9.46 Å². The van der Waals surface area contributed by atoms with Gasteiger partial charge in [-0.2, -0.15) is 0 Å². The van der Waals surface area contributed by atoms with Crippen molar-refractivity contribution in [2.24, 2.45) is 0 Å². The van der Waals surface area contributed by atoms with Crippen LogP contribution in [-0.4, -0.2) is 13.2 Å². The molecular formula is C17H27NOS. The maximum absolute atomic E-state index is 6.02. The normalized spacial score (nSPS) is 16.9. The van der Waals surface area contributed by atoms with Gasteiger partial charge in [-0.15, -0.1) is 0 Å².